The molecule has 1 aromatic carbocycles. The molecular formula is C16H27ClN2O2. The highest BCUT2D eigenvalue weighted by Crippen LogP contribution is 2.20. The summed E-state index contributed by atoms with van der Waals surface area (Å²) in [6.45, 7) is 9.14. The highest BCUT2D eigenvalue weighted by atomic mass is 35.5. The van der Waals surface area contributed by atoms with Gasteiger partial charge in [-0.3, -0.25) is 4.79 Å². The standard InChI is InChI=1S/C16H26N2O2.ClH/c1-6-18(15(19)14(17)16(2,3)4)11-12-7-9-13(20-5)10-8-12;/h7-10,14H,6,11,17H2,1-5H3;1H/t14-;/m1./s1. The second-order valence-electron chi connectivity index (χ2n) is 6.04. The molecule has 0 saturated carbocycles. The highest BCUT2D eigenvalue weighted by molar-refractivity contribution is 5.85. The van der Waals surface area contributed by atoms with Crippen LogP contribution >= 0.6 is 12.4 Å². The molecule has 0 aliphatic rings. The van der Waals surface area contributed by atoms with Gasteiger partial charge in [-0.05, 0) is 30.0 Å². The minimum absolute atomic E-state index is 0. The van der Waals surface area contributed by atoms with Gasteiger partial charge in [0.25, 0.3) is 0 Å². The number of halogens is 1. The van der Waals surface area contributed by atoms with Crippen molar-refractivity contribution in [3.8, 4) is 5.75 Å². The molecule has 0 saturated heterocycles. The zero-order valence-electron chi connectivity index (χ0n) is 13.6. The van der Waals surface area contributed by atoms with Gasteiger partial charge in [-0.2, -0.15) is 0 Å². The van der Waals surface area contributed by atoms with Crippen LogP contribution in [-0.4, -0.2) is 30.5 Å². The largest absolute Gasteiger partial charge is 0.497 e. The summed E-state index contributed by atoms with van der Waals surface area (Å²) >= 11 is 0. The molecule has 4 nitrogen and oxygen atoms in total. The number of benzene rings is 1. The molecule has 0 heterocycles. The SMILES string of the molecule is CCN(Cc1ccc(OC)cc1)C(=O)[C@@H](N)C(C)(C)C.Cl. The lowest BCUT2D eigenvalue weighted by Crippen LogP contribution is -2.50. The van der Waals surface area contributed by atoms with E-state index >= 15 is 0 Å². The average Bonchev–Trinajstić information content (AvgIpc) is 2.42. The Kier molecular flexibility index (Phi) is 7.75. The maximum absolute atomic E-state index is 12.4. The summed E-state index contributed by atoms with van der Waals surface area (Å²) in [6.07, 6.45) is 0. The molecule has 21 heavy (non-hydrogen) atoms. The molecular weight excluding hydrogens is 288 g/mol. The van der Waals surface area contributed by atoms with Crippen LogP contribution in [0.5, 0.6) is 5.75 Å². The van der Waals surface area contributed by atoms with Gasteiger partial charge in [0.15, 0.2) is 0 Å². The minimum atomic E-state index is -0.485. The molecule has 1 aromatic rings. The first kappa shape index (κ1) is 19.7. The van der Waals surface area contributed by atoms with Crippen LogP contribution in [0.3, 0.4) is 0 Å². The van der Waals surface area contributed by atoms with Crippen LogP contribution in [0.1, 0.15) is 33.3 Å². The Labute approximate surface area is 134 Å². The Hall–Kier alpha value is -1.26. The third-order valence-electron chi connectivity index (χ3n) is 3.42. The van der Waals surface area contributed by atoms with Crippen molar-refractivity contribution in [2.75, 3.05) is 13.7 Å². The van der Waals surface area contributed by atoms with Crippen LogP contribution in [0, 0.1) is 5.41 Å². The van der Waals surface area contributed by atoms with Gasteiger partial charge in [0.1, 0.15) is 5.75 Å². The van der Waals surface area contributed by atoms with E-state index in [2.05, 4.69) is 0 Å². The number of rotatable bonds is 5. The molecule has 2 N–H and O–H groups in total. The molecule has 0 radical (unpaired) electrons. The number of ether oxygens (including phenoxy) is 1. The van der Waals surface area contributed by atoms with Gasteiger partial charge in [-0.15, -0.1) is 12.4 Å². The number of nitrogens with zero attached hydrogens (tertiary/aromatic N) is 1. The molecule has 0 aliphatic carbocycles. The normalized spacial score (nSPS) is 12.3. The third-order valence-corrected chi connectivity index (χ3v) is 3.42. The van der Waals surface area contributed by atoms with Gasteiger partial charge in [0, 0.05) is 13.1 Å². The lowest BCUT2D eigenvalue weighted by molar-refractivity contribution is -0.135. The van der Waals surface area contributed by atoms with Crippen molar-refractivity contribution >= 4 is 18.3 Å². The molecule has 120 valence electrons. The molecule has 0 bridgehead atoms. The molecule has 5 heteroatoms. The molecule has 0 fully saturated rings. The summed E-state index contributed by atoms with van der Waals surface area (Å²) in [5.74, 6) is 0.810. The van der Waals surface area contributed by atoms with Crippen LogP contribution in [0.2, 0.25) is 0 Å². The number of hydrogen-bond acceptors (Lipinski definition) is 3. The van der Waals surface area contributed by atoms with E-state index in [0.29, 0.717) is 13.1 Å². The van der Waals surface area contributed by atoms with Crippen molar-refractivity contribution in [3.05, 3.63) is 29.8 Å². The van der Waals surface area contributed by atoms with Gasteiger partial charge in [0.2, 0.25) is 5.91 Å². The Bertz CT molecular complexity index is 441. The van der Waals surface area contributed by atoms with Gasteiger partial charge in [-0.25, -0.2) is 0 Å². The fourth-order valence-corrected chi connectivity index (χ4v) is 1.86. The second kappa shape index (κ2) is 8.25. The third kappa shape index (κ3) is 5.56. The Morgan fingerprint density at radius 1 is 1.29 bits per heavy atom. The Morgan fingerprint density at radius 2 is 1.81 bits per heavy atom. The highest BCUT2D eigenvalue weighted by Gasteiger charge is 2.30. The lowest BCUT2D eigenvalue weighted by atomic mass is 9.86. The number of carbonyl (C=O) groups excluding carboxylic acids is 1. The van der Waals surface area contributed by atoms with Crippen molar-refractivity contribution < 1.29 is 9.53 Å². The van der Waals surface area contributed by atoms with Crippen molar-refractivity contribution in [1.82, 2.24) is 4.90 Å². The van der Waals surface area contributed by atoms with E-state index in [0.717, 1.165) is 11.3 Å². The Balaban J connectivity index is 0.00000400. The predicted molar refractivity (Wildman–Crippen MR) is 88.8 cm³/mol. The van der Waals surface area contributed by atoms with Crippen LogP contribution in [0.15, 0.2) is 24.3 Å². The first-order chi connectivity index (χ1) is 9.29. The smallest absolute Gasteiger partial charge is 0.240 e. The molecule has 0 aromatic heterocycles. The fraction of sp³-hybridized carbons (Fsp3) is 0.562. The molecule has 1 rings (SSSR count). The summed E-state index contributed by atoms with van der Waals surface area (Å²) in [4.78, 5) is 14.2. The monoisotopic (exact) mass is 314 g/mol. The first-order valence-corrected chi connectivity index (χ1v) is 6.97. The second-order valence-corrected chi connectivity index (χ2v) is 6.04. The number of hydrogen-bond donors (Lipinski definition) is 1. The van der Waals surface area contributed by atoms with E-state index in [1.165, 1.54) is 0 Å². The first-order valence-electron chi connectivity index (χ1n) is 6.97. The maximum atomic E-state index is 12.4. The molecule has 1 atom stereocenters. The van der Waals surface area contributed by atoms with Crippen molar-refractivity contribution in [2.45, 2.75) is 40.3 Å². The fourth-order valence-electron chi connectivity index (χ4n) is 1.86. The van der Waals surface area contributed by atoms with Gasteiger partial charge in [-0.1, -0.05) is 32.9 Å². The van der Waals surface area contributed by atoms with Crippen molar-refractivity contribution in [2.24, 2.45) is 11.1 Å². The van der Waals surface area contributed by atoms with Crippen LogP contribution < -0.4 is 10.5 Å². The zero-order chi connectivity index (χ0) is 15.3. The van der Waals surface area contributed by atoms with Crippen LogP contribution in [0.4, 0.5) is 0 Å². The summed E-state index contributed by atoms with van der Waals surface area (Å²) in [6, 6.07) is 7.25. The maximum Gasteiger partial charge on any atom is 0.240 e. The minimum Gasteiger partial charge on any atom is -0.497 e. The molecule has 0 aliphatic heterocycles. The molecule has 0 spiro atoms. The number of likely N-dealkylation sites (N-methyl/N-ethyl adjacent to an activating group) is 1. The topological polar surface area (TPSA) is 55.6 Å². The Morgan fingerprint density at radius 3 is 2.19 bits per heavy atom. The van der Waals surface area contributed by atoms with Crippen LogP contribution in [-0.2, 0) is 11.3 Å². The van der Waals surface area contributed by atoms with Gasteiger partial charge >= 0.3 is 0 Å². The number of methoxy groups -OCH3 is 1. The molecule has 1 amide bonds. The quantitative estimate of drug-likeness (QED) is 0.909. The number of nitrogens with two attached hydrogens (primary N) is 1. The van der Waals surface area contributed by atoms with Crippen LogP contribution in [0.25, 0.3) is 0 Å². The van der Waals surface area contributed by atoms with Gasteiger partial charge in [0.05, 0.1) is 13.2 Å². The summed E-state index contributed by atoms with van der Waals surface area (Å²) < 4.78 is 5.13. The van der Waals surface area contributed by atoms with E-state index < -0.39 is 6.04 Å². The van der Waals surface area contributed by atoms with E-state index in [9.17, 15) is 4.79 Å². The zero-order valence-corrected chi connectivity index (χ0v) is 14.4. The molecule has 0 unspecified atom stereocenters. The van der Waals surface area contributed by atoms with E-state index in [-0.39, 0.29) is 23.7 Å². The van der Waals surface area contributed by atoms with E-state index in [1.807, 2.05) is 52.0 Å². The average molecular weight is 315 g/mol. The van der Waals surface area contributed by atoms with Gasteiger partial charge < -0.3 is 15.4 Å². The number of amides is 1. The van der Waals surface area contributed by atoms with E-state index in [1.54, 1.807) is 12.0 Å². The number of carbonyl (C=O) groups is 1. The van der Waals surface area contributed by atoms with E-state index in [4.69, 9.17) is 10.5 Å². The summed E-state index contributed by atoms with van der Waals surface area (Å²) in [7, 11) is 1.64. The lowest BCUT2D eigenvalue weighted by Gasteiger charge is -2.31. The predicted octanol–water partition coefficient (Wildman–Crippen LogP) is 2.84. The summed E-state index contributed by atoms with van der Waals surface area (Å²) in [5, 5.41) is 0. The van der Waals surface area contributed by atoms with Crippen molar-refractivity contribution in [3.63, 3.8) is 0 Å². The van der Waals surface area contributed by atoms with Crippen molar-refractivity contribution in [1.29, 1.82) is 0 Å². The summed E-state index contributed by atoms with van der Waals surface area (Å²) in [5.41, 5.74) is 6.90.